The standard InChI is InChI=1S/C23H26N2O2S2/c1-27-18-8-10-19(11-9-18)28-16-4-7-22(26)25-14-12-17(13-15-25)23-24-20-5-2-3-6-21(20)29-23/h2-3,5-6,8-11,17H,4,7,12-16H2,1H3. The van der Waals surface area contributed by atoms with E-state index < -0.39 is 0 Å². The summed E-state index contributed by atoms with van der Waals surface area (Å²) in [5.74, 6) is 2.61. The highest BCUT2D eigenvalue weighted by Crippen LogP contribution is 2.34. The van der Waals surface area contributed by atoms with Crippen LogP contribution >= 0.6 is 23.1 Å². The van der Waals surface area contributed by atoms with Crippen molar-refractivity contribution in [2.45, 2.75) is 36.5 Å². The zero-order valence-corrected chi connectivity index (χ0v) is 18.3. The predicted molar refractivity (Wildman–Crippen MR) is 121 cm³/mol. The van der Waals surface area contributed by atoms with Gasteiger partial charge in [-0.15, -0.1) is 23.1 Å². The molecule has 0 atom stereocenters. The molecule has 1 amide bonds. The van der Waals surface area contributed by atoms with Crippen LogP contribution in [0.3, 0.4) is 0 Å². The van der Waals surface area contributed by atoms with Gasteiger partial charge in [0.25, 0.3) is 0 Å². The van der Waals surface area contributed by atoms with Crippen molar-refractivity contribution in [1.82, 2.24) is 9.88 Å². The second-order valence-electron chi connectivity index (χ2n) is 7.30. The van der Waals surface area contributed by atoms with E-state index >= 15 is 0 Å². The number of amides is 1. The first kappa shape index (κ1) is 20.2. The van der Waals surface area contributed by atoms with E-state index in [1.54, 1.807) is 30.2 Å². The van der Waals surface area contributed by atoms with E-state index in [0.717, 1.165) is 49.4 Å². The Morgan fingerprint density at radius 1 is 1.17 bits per heavy atom. The van der Waals surface area contributed by atoms with Gasteiger partial charge in [0.1, 0.15) is 5.75 Å². The van der Waals surface area contributed by atoms with Crippen molar-refractivity contribution in [2.75, 3.05) is 26.0 Å². The summed E-state index contributed by atoms with van der Waals surface area (Å²) in [7, 11) is 1.68. The maximum absolute atomic E-state index is 12.6. The molecule has 29 heavy (non-hydrogen) atoms. The molecule has 0 bridgehead atoms. The van der Waals surface area contributed by atoms with Crippen molar-refractivity contribution in [3.05, 3.63) is 53.5 Å². The van der Waals surface area contributed by atoms with Gasteiger partial charge in [-0.25, -0.2) is 4.98 Å². The van der Waals surface area contributed by atoms with Crippen LogP contribution in [0.1, 0.15) is 36.6 Å². The van der Waals surface area contributed by atoms with E-state index in [0.29, 0.717) is 18.2 Å². The van der Waals surface area contributed by atoms with Gasteiger partial charge in [0.05, 0.1) is 22.3 Å². The molecule has 4 nitrogen and oxygen atoms in total. The number of carbonyl (C=O) groups excluding carboxylic acids is 1. The molecular formula is C23H26N2O2S2. The minimum Gasteiger partial charge on any atom is -0.497 e. The van der Waals surface area contributed by atoms with Crippen LogP contribution in [-0.2, 0) is 4.79 Å². The van der Waals surface area contributed by atoms with Crippen LogP contribution in [0.2, 0.25) is 0 Å². The van der Waals surface area contributed by atoms with E-state index in [1.165, 1.54) is 14.6 Å². The monoisotopic (exact) mass is 426 g/mol. The van der Waals surface area contributed by atoms with Crippen molar-refractivity contribution in [3.8, 4) is 5.75 Å². The molecule has 1 aliphatic heterocycles. The quantitative estimate of drug-likeness (QED) is 0.365. The summed E-state index contributed by atoms with van der Waals surface area (Å²) in [6, 6.07) is 16.4. The number of ether oxygens (including phenoxy) is 1. The van der Waals surface area contributed by atoms with Gasteiger partial charge >= 0.3 is 0 Å². The van der Waals surface area contributed by atoms with Crippen molar-refractivity contribution in [3.63, 3.8) is 0 Å². The SMILES string of the molecule is COc1ccc(SCCCC(=O)N2CCC(c3nc4ccccc4s3)CC2)cc1. The number of thiazole rings is 1. The molecule has 1 aromatic heterocycles. The van der Waals surface area contributed by atoms with Crippen molar-refractivity contribution < 1.29 is 9.53 Å². The number of hydrogen-bond donors (Lipinski definition) is 0. The number of nitrogens with zero attached hydrogens (tertiary/aromatic N) is 2. The predicted octanol–water partition coefficient (Wildman–Crippen LogP) is 5.58. The molecule has 2 aromatic carbocycles. The molecule has 0 N–H and O–H groups in total. The van der Waals surface area contributed by atoms with Crippen molar-refractivity contribution in [1.29, 1.82) is 0 Å². The fourth-order valence-electron chi connectivity index (χ4n) is 3.68. The molecule has 1 fully saturated rings. The van der Waals surface area contributed by atoms with E-state index in [2.05, 4.69) is 30.3 Å². The summed E-state index contributed by atoms with van der Waals surface area (Å²) in [5.41, 5.74) is 1.10. The third kappa shape index (κ3) is 5.11. The summed E-state index contributed by atoms with van der Waals surface area (Å²) in [6.07, 6.45) is 3.58. The first-order valence-electron chi connectivity index (χ1n) is 10.1. The Bertz CT molecular complexity index is 914. The molecule has 152 valence electrons. The second kappa shape index (κ2) is 9.63. The first-order chi connectivity index (χ1) is 14.2. The van der Waals surface area contributed by atoms with Gasteiger partial charge in [-0.05, 0) is 61.4 Å². The lowest BCUT2D eigenvalue weighted by Gasteiger charge is -2.31. The summed E-state index contributed by atoms with van der Waals surface area (Å²) in [6.45, 7) is 1.70. The van der Waals surface area contributed by atoms with Crippen LogP contribution in [0.15, 0.2) is 53.4 Å². The largest absolute Gasteiger partial charge is 0.497 e. The molecule has 0 saturated carbocycles. The minimum atomic E-state index is 0.295. The lowest BCUT2D eigenvalue weighted by atomic mass is 9.97. The number of thioether (sulfide) groups is 1. The zero-order chi connectivity index (χ0) is 20.1. The number of piperidine rings is 1. The summed E-state index contributed by atoms with van der Waals surface area (Å²) >= 11 is 3.60. The Kier molecular flexibility index (Phi) is 6.72. The number of aromatic nitrogens is 1. The van der Waals surface area contributed by atoms with Crippen LogP contribution in [0.25, 0.3) is 10.2 Å². The van der Waals surface area contributed by atoms with Gasteiger partial charge < -0.3 is 9.64 Å². The Hall–Kier alpha value is -2.05. The van der Waals surface area contributed by atoms with Crippen LogP contribution in [0.5, 0.6) is 5.75 Å². The van der Waals surface area contributed by atoms with Crippen LogP contribution < -0.4 is 4.74 Å². The third-order valence-corrected chi connectivity index (χ3v) is 7.67. The number of methoxy groups -OCH3 is 1. The van der Waals surface area contributed by atoms with Gasteiger partial charge in [-0.3, -0.25) is 4.79 Å². The summed E-state index contributed by atoms with van der Waals surface area (Å²) in [5, 5.41) is 1.23. The number of likely N-dealkylation sites (tertiary alicyclic amines) is 1. The molecule has 1 saturated heterocycles. The van der Waals surface area contributed by atoms with Crippen LogP contribution in [-0.4, -0.2) is 41.7 Å². The number of rotatable bonds is 7. The number of para-hydroxylation sites is 1. The first-order valence-corrected chi connectivity index (χ1v) is 11.9. The Labute approximate surface area is 180 Å². The molecule has 0 radical (unpaired) electrons. The smallest absolute Gasteiger partial charge is 0.222 e. The van der Waals surface area contributed by atoms with E-state index in [1.807, 2.05) is 23.1 Å². The molecule has 0 aliphatic carbocycles. The minimum absolute atomic E-state index is 0.295. The van der Waals surface area contributed by atoms with Gasteiger partial charge in [-0.2, -0.15) is 0 Å². The molecular weight excluding hydrogens is 400 g/mol. The molecule has 4 rings (SSSR count). The number of benzene rings is 2. The van der Waals surface area contributed by atoms with E-state index in [9.17, 15) is 4.79 Å². The van der Waals surface area contributed by atoms with Crippen molar-refractivity contribution in [2.24, 2.45) is 0 Å². The highest BCUT2D eigenvalue weighted by Gasteiger charge is 2.25. The van der Waals surface area contributed by atoms with Crippen LogP contribution in [0, 0.1) is 0 Å². The Morgan fingerprint density at radius 2 is 1.93 bits per heavy atom. The Morgan fingerprint density at radius 3 is 2.66 bits per heavy atom. The lowest BCUT2D eigenvalue weighted by molar-refractivity contribution is -0.132. The maximum atomic E-state index is 12.6. The normalized spacial score (nSPS) is 15.0. The number of hydrogen-bond acceptors (Lipinski definition) is 5. The second-order valence-corrected chi connectivity index (χ2v) is 9.53. The van der Waals surface area contributed by atoms with Crippen LogP contribution in [0.4, 0.5) is 0 Å². The highest BCUT2D eigenvalue weighted by atomic mass is 32.2. The fraction of sp³-hybridized carbons (Fsp3) is 0.391. The highest BCUT2D eigenvalue weighted by molar-refractivity contribution is 7.99. The lowest BCUT2D eigenvalue weighted by Crippen LogP contribution is -2.37. The maximum Gasteiger partial charge on any atom is 0.222 e. The van der Waals surface area contributed by atoms with Crippen molar-refractivity contribution >= 4 is 39.2 Å². The average molecular weight is 427 g/mol. The average Bonchev–Trinajstić information content (AvgIpc) is 3.21. The molecule has 3 aromatic rings. The zero-order valence-electron chi connectivity index (χ0n) is 16.7. The topological polar surface area (TPSA) is 42.4 Å². The fourth-order valence-corrected chi connectivity index (χ4v) is 5.67. The molecule has 6 heteroatoms. The van der Waals surface area contributed by atoms with Gasteiger partial charge in [0.2, 0.25) is 5.91 Å². The van der Waals surface area contributed by atoms with Gasteiger partial charge in [0, 0.05) is 30.3 Å². The van der Waals surface area contributed by atoms with E-state index in [4.69, 9.17) is 9.72 Å². The summed E-state index contributed by atoms with van der Waals surface area (Å²) < 4.78 is 6.44. The van der Waals surface area contributed by atoms with Gasteiger partial charge in [-0.1, -0.05) is 12.1 Å². The molecule has 1 aliphatic rings. The number of fused-ring (bicyclic) bond motifs is 1. The Balaban J connectivity index is 1.19. The van der Waals surface area contributed by atoms with Gasteiger partial charge in [0.15, 0.2) is 0 Å². The third-order valence-electron chi connectivity index (χ3n) is 5.37. The molecule has 0 unspecified atom stereocenters. The molecule has 0 spiro atoms. The van der Waals surface area contributed by atoms with E-state index in [-0.39, 0.29) is 0 Å². The summed E-state index contributed by atoms with van der Waals surface area (Å²) in [4.78, 5) is 20.6. The number of carbonyl (C=O) groups is 1. The molecule has 2 heterocycles.